The van der Waals surface area contributed by atoms with Crippen molar-refractivity contribution in [3.8, 4) is 5.75 Å². The van der Waals surface area contributed by atoms with E-state index in [0.29, 0.717) is 0 Å². The Hall–Kier alpha value is -1.20. The highest BCUT2D eigenvalue weighted by Gasteiger charge is 2.28. The van der Waals surface area contributed by atoms with Gasteiger partial charge in [0.2, 0.25) is 5.91 Å². The first-order valence-electron chi connectivity index (χ1n) is 6.83. The Morgan fingerprint density at radius 3 is 2.85 bits per heavy atom. The molecule has 1 unspecified atom stereocenters. The Balaban J connectivity index is 2.42. The topological polar surface area (TPSA) is 64.3 Å². The maximum absolute atomic E-state index is 11.5. The normalized spacial score (nSPS) is 13.8. The molecule has 112 valence electrons. The van der Waals surface area contributed by atoms with Crippen LogP contribution < -0.4 is 15.8 Å². The smallest absolute Gasteiger partial charge is 0.237 e. The number of carbonyl (C=O) groups is 1. The molecule has 4 nitrogen and oxygen atoms in total. The van der Waals surface area contributed by atoms with Gasteiger partial charge in [-0.2, -0.15) is 0 Å². The molecular weight excluding hydrogens is 272 g/mol. The largest absolute Gasteiger partial charge is 0.497 e. The minimum absolute atomic E-state index is 0.286. The van der Waals surface area contributed by atoms with Crippen molar-refractivity contribution in [2.45, 2.75) is 37.1 Å². The Morgan fingerprint density at radius 2 is 2.25 bits per heavy atom. The Morgan fingerprint density at radius 1 is 1.50 bits per heavy atom. The lowest BCUT2D eigenvalue weighted by atomic mass is 9.95. The molecule has 3 N–H and O–H groups in total. The molecule has 0 saturated carbocycles. The van der Waals surface area contributed by atoms with Crippen molar-refractivity contribution in [1.82, 2.24) is 5.32 Å². The van der Waals surface area contributed by atoms with E-state index in [1.165, 1.54) is 4.90 Å². The zero-order valence-corrected chi connectivity index (χ0v) is 13.3. The average Bonchev–Trinajstić information content (AvgIpc) is 2.44. The highest BCUT2D eigenvalue weighted by Crippen LogP contribution is 2.24. The van der Waals surface area contributed by atoms with Gasteiger partial charge in [-0.05, 0) is 50.3 Å². The SMILES string of the molecule is CCNC(C)(CCCSc1cccc(OC)c1)C(N)=O. The fourth-order valence-corrected chi connectivity index (χ4v) is 2.89. The number of nitrogens with one attached hydrogen (secondary N) is 1. The highest BCUT2D eigenvalue weighted by atomic mass is 32.2. The summed E-state index contributed by atoms with van der Waals surface area (Å²) in [6.07, 6.45) is 1.67. The monoisotopic (exact) mass is 296 g/mol. The molecule has 1 atom stereocenters. The quantitative estimate of drug-likeness (QED) is 0.542. The van der Waals surface area contributed by atoms with Gasteiger partial charge in [0.05, 0.1) is 12.6 Å². The fourth-order valence-electron chi connectivity index (χ4n) is 2.00. The average molecular weight is 296 g/mol. The number of amides is 1. The molecule has 0 bridgehead atoms. The summed E-state index contributed by atoms with van der Waals surface area (Å²) in [5, 5.41) is 3.17. The first-order chi connectivity index (χ1) is 9.51. The molecule has 0 radical (unpaired) electrons. The van der Waals surface area contributed by atoms with E-state index in [9.17, 15) is 4.79 Å². The molecule has 0 aliphatic carbocycles. The van der Waals surface area contributed by atoms with Crippen LogP contribution in [-0.2, 0) is 4.79 Å². The summed E-state index contributed by atoms with van der Waals surface area (Å²) in [5.74, 6) is 1.52. The van der Waals surface area contributed by atoms with Crippen molar-refractivity contribution in [3.05, 3.63) is 24.3 Å². The number of thioether (sulfide) groups is 1. The van der Waals surface area contributed by atoms with Crippen LogP contribution in [0.5, 0.6) is 5.75 Å². The number of rotatable bonds is 9. The third kappa shape index (κ3) is 5.06. The van der Waals surface area contributed by atoms with E-state index in [1.807, 2.05) is 32.0 Å². The van der Waals surface area contributed by atoms with Gasteiger partial charge < -0.3 is 15.8 Å². The fraction of sp³-hybridized carbons (Fsp3) is 0.533. The molecule has 1 amide bonds. The van der Waals surface area contributed by atoms with Crippen molar-refractivity contribution in [2.75, 3.05) is 19.4 Å². The Bertz CT molecular complexity index is 440. The van der Waals surface area contributed by atoms with Crippen LogP contribution in [0, 0.1) is 0 Å². The number of hydrogen-bond acceptors (Lipinski definition) is 4. The molecule has 20 heavy (non-hydrogen) atoms. The number of hydrogen-bond donors (Lipinski definition) is 2. The second-order valence-electron chi connectivity index (χ2n) is 4.86. The van der Waals surface area contributed by atoms with E-state index in [2.05, 4.69) is 11.4 Å². The molecule has 0 aliphatic heterocycles. The molecule has 1 rings (SSSR count). The number of methoxy groups -OCH3 is 1. The molecule has 0 heterocycles. The Kier molecular flexibility index (Phi) is 6.88. The van der Waals surface area contributed by atoms with Crippen molar-refractivity contribution in [2.24, 2.45) is 5.73 Å². The molecule has 0 spiro atoms. The third-order valence-corrected chi connectivity index (χ3v) is 4.32. The van der Waals surface area contributed by atoms with Gasteiger partial charge in [-0.1, -0.05) is 13.0 Å². The highest BCUT2D eigenvalue weighted by molar-refractivity contribution is 7.99. The van der Waals surface area contributed by atoms with Gasteiger partial charge >= 0.3 is 0 Å². The van der Waals surface area contributed by atoms with Crippen LogP contribution in [0.4, 0.5) is 0 Å². The van der Waals surface area contributed by atoms with Gasteiger partial charge in [0, 0.05) is 4.90 Å². The van der Waals surface area contributed by atoms with Crippen LogP contribution in [-0.4, -0.2) is 30.9 Å². The molecular formula is C15H24N2O2S. The standard InChI is InChI=1S/C15H24N2O2S/c1-4-17-15(2,14(16)18)9-6-10-20-13-8-5-7-12(11-13)19-3/h5,7-8,11,17H,4,6,9-10H2,1-3H3,(H2,16,18). The summed E-state index contributed by atoms with van der Waals surface area (Å²) in [6.45, 7) is 4.59. The maximum atomic E-state index is 11.5. The summed E-state index contributed by atoms with van der Waals surface area (Å²) in [7, 11) is 1.67. The van der Waals surface area contributed by atoms with Gasteiger partial charge in [-0.25, -0.2) is 0 Å². The number of likely N-dealkylation sites (N-methyl/N-ethyl adjacent to an activating group) is 1. The summed E-state index contributed by atoms with van der Waals surface area (Å²) in [5.41, 5.74) is 4.86. The molecule has 1 aromatic rings. The van der Waals surface area contributed by atoms with Gasteiger partial charge in [0.15, 0.2) is 0 Å². The first-order valence-corrected chi connectivity index (χ1v) is 7.82. The third-order valence-electron chi connectivity index (χ3n) is 3.24. The van der Waals surface area contributed by atoms with Crippen LogP contribution in [0.1, 0.15) is 26.7 Å². The van der Waals surface area contributed by atoms with Crippen molar-refractivity contribution in [1.29, 1.82) is 0 Å². The molecule has 0 aliphatic rings. The van der Waals surface area contributed by atoms with E-state index in [0.717, 1.165) is 30.9 Å². The van der Waals surface area contributed by atoms with Crippen molar-refractivity contribution < 1.29 is 9.53 Å². The zero-order valence-electron chi connectivity index (χ0n) is 12.4. The molecule has 1 aromatic carbocycles. The predicted molar refractivity (Wildman–Crippen MR) is 84.2 cm³/mol. The minimum Gasteiger partial charge on any atom is -0.497 e. The van der Waals surface area contributed by atoms with E-state index < -0.39 is 5.54 Å². The van der Waals surface area contributed by atoms with E-state index >= 15 is 0 Å². The number of ether oxygens (including phenoxy) is 1. The molecule has 0 aromatic heterocycles. The lowest BCUT2D eigenvalue weighted by molar-refractivity contribution is -0.124. The summed E-state index contributed by atoms with van der Waals surface area (Å²) >= 11 is 1.76. The van der Waals surface area contributed by atoms with Gasteiger partial charge in [-0.15, -0.1) is 11.8 Å². The number of primary amides is 1. The number of carbonyl (C=O) groups excluding carboxylic acids is 1. The summed E-state index contributed by atoms with van der Waals surface area (Å²) in [4.78, 5) is 12.7. The minimum atomic E-state index is -0.607. The lowest BCUT2D eigenvalue weighted by Gasteiger charge is -2.26. The molecule has 0 fully saturated rings. The lowest BCUT2D eigenvalue weighted by Crippen LogP contribution is -2.53. The second-order valence-corrected chi connectivity index (χ2v) is 6.03. The molecule has 5 heteroatoms. The Labute approximate surface area is 125 Å². The zero-order chi connectivity index (χ0) is 15.0. The van der Waals surface area contributed by atoms with Crippen molar-refractivity contribution >= 4 is 17.7 Å². The van der Waals surface area contributed by atoms with E-state index in [-0.39, 0.29) is 5.91 Å². The van der Waals surface area contributed by atoms with Crippen LogP contribution in [0.15, 0.2) is 29.2 Å². The maximum Gasteiger partial charge on any atom is 0.237 e. The van der Waals surface area contributed by atoms with Crippen LogP contribution in [0.3, 0.4) is 0 Å². The van der Waals surface area contributed by atoms with Crippen molar-refractivity contribution in [3.63, 3.8) is 0 Å². The van der Waals surface area contributed by atoms with Gasteiger partial charge in [0.25, 0.3) is 0 Å². The second kappa shape index (κ2) is 8.17. The van der Waals surface area contributed by atoms with Crippen LogP contribution in [0.25, 0.3) is 0 Å². The summed E-state index contributed by atoms with van der Waals surface area (Å²) in [6, 6.07) is 7.99. The van der Waals surface area contributed by atoms with Crippen LogP contribution in [0.2, 0.25) is 0 Å². The van der Waals surface area contributed by atoms with Crippen LogP contribution >= 0.6 is 11.8 Å². The summed E-state index contributed by atoms with van der Waals surface area (Å²) < 4.78 is 5.19. The molecule has 0 saturated heterocycles. The van der Waals surface area contributed by atoms with E-state index in [1.54, 1.807) is 18.9 Å². The number of nitrogens with two attached hydrogens (primary N) is 1. The number of benzene rings is 1. The van der Waals surface area contributed by atoms with E-state index in [4.69, 9.17) is 10.5 Å². The first kappa shape index (κ1) is 16.9. The predicted octanol–water partition coefficient (Wildman–Crippen LogP) is 2.42. The van der Waals surface area contributed by atoms with Gasteiger partial charge in [0.1, 0.15) is 5.75 Å². The van der Waals surface area contributed by atoms with Gasteiger partial charge in [-0.3, -0.25) is 4.79 Å².